The fourth-order valence-electron chi connectivity index (χ4n) is 2.68. The molecule has 0 aliphatic heterocycles. The van der Waals surface area contributed by atoms with Crippen molar-refractivity contribution in [3.05, 3.63) is 16.1 Å². The average Bonchev–Trinajstić information content (AvgIpc) is 2.74. The lowest BCUT2D eigenvalue weighted by Gasteiger charge is -2.42. The van der Waals surface area contributed by atoms with Gasteiger partial charge in [0.05, 0.1) is 10.7 Å². The summed E-state index contributed by atoms with van der Waals surface area (Å²) in [6.07, 6.45) is 6.53. The minimum Gasteiger partial charge on any atom is -0.316 e. The second kappa shape index (κ2) is 5.92. The highest BCUT2D eigenvalue weighted by molar-refractivity contribution is 7.09. The van der Waals surface area contributed by atoms with Crippen LogP contribution in [-0.2, 0) is 11.8 Å². The van der Waals surface area contributed by atoms with Crippen molar-refractivity contribution in [3.63, 3.8) is 0 Å². The van der Waals surface area contributed by atoms with Crippen molar-refractivity contribution in [1.82, 2.24) is 10.3 Å². The molecule has 0 bridgehead atoms. The molecule has 0 atom stereocenters. The van der Waals surface area contributed by atoms with Crippen LogP contribution in [0.25, 0.3) is 0 Å². The Bertz CT molecular complexity index is 399. The molecule has 0 aromatic carbocycles. The van der Waals surface area contributed by atoms with E-state index in [-0.39, 0.29) is 5.41 Å². The van der Waals surface area contributed by atoms with E-state index in [1.54, 1.807) is 0 Å². The van der Waals surface area contributed by atoms with Gasteiger partial charge in [0, 0.05) is 23.8 Å². The molecule has 1 aliphatic carbocycles. The molecule has 0 saturated heterocycles. The maximum absolute atomic E-state index is 4.87. The van der Waals surface area contributed by atoms with Crippen LogP contribution < -0.4 is 5.32 Å². The summed E-state index contributed by atoms with van der Waals surface area (Å²) in [5, 5.41) is 7.20. The normalized spacial score (nSPS) is 18.3. The first-order chi connectivity index (χ1) is 8.95. The van der Waals surface area contributed by atoms with E-state index in [1.165, 1.54) is 49.4 Å². The molecular weight excluding hydrogens is 252 g/mol. The number of aromatic nitrogens is 1. The lowest BCUT2D eigenvalue weighted by atomic mass is 9.66. The Labute approximate surface area is 122 Å². The Hall–Kier alpha value is -0.410. The number of nitrogens with zero attached hydrogens (tertiary/aromatic N) is 1. The van der Waals surface area contributed by atoms with E-state index in [9.17, 15) is 0 Å². The van der Waals surface area contributed by atoms with Crippen molar-refractivity contribution >= 4 is 11.3 Å². The predicted molar refractivity (Wildman–Crippen MR) is 84.0 cm³/mol. The first kappa shape index (κ1) is 15.0. The molecule has 0 unspecified atom stereocenters. The van der Waals surface area contributed by atoms with Crippen molar-refractivity contribution in [2.24, 2.45) is 5.41 Å². The molecule has 108 valence electrons. The van der Waals surface area contributed by atoms with Crippen LogP contribution in [-0.4, -0.2) is 18.1 Å². The van der Waals surface area contributed by atoms with Gasteiger partial charge in [-0.15, -0.1) is 11.3 Å². The second-order valence-electron chi connectivity index (χ2n) is 7.08. The third-order valence-electron chi connectivity index (χ3n) is 4.19. The smallest absolute Gasteiger partial charge is 0.0934 e. The fourth-order valence-corrected chi connectivity index (χ4v) is 3.88. The van der Waals surface area contributed by atoms with Crippen LogP contribution in [0.1, 0.15) is 64.1 Å². The van der Waals surface area contributed by atoms with Crippen LogP contribution in [0.3, 0.4) is 0 Å². The van der Waals surface area contributed by atoms with Gasteiger partial charge in [-0.2, -0.15) is 0 Å². The van der Waals surface area contributed by atoms with Crippen LogP contribution in [0, 0.1) is 5.41 Å². The van der Waals surface area contributed by atoms with Crippen LogP contribution in [0.15, 0.2) is 5.38 Å². The molecule has 19 heavy (non-hydrogen) atoms. The highest BCUT2D eigenvalue weighted by atomic mass is 32.1. The van der Waals surface area contributed by atoms with Gasteiger partial charge >= 0.3 is 0 Å². The highest BCUT2D eigenvalue weighted by Crippen LogP contribution is 2.43. The van der Waals surface area contributed by atoms with E-state index in [1.807, 2.05) is 11.3 Å². The number of rotatable bonds is 6. The quantitative estimate of drug-likeness (QED) is 0.792. The van der Waals surface area contributed by atoms with Crippen molar-refractivity contribution < 1.29 is 0 Å². The summed E-state index contributed by atoms with van der Waals surface area (Å²) in [5.41, 5.74) is 1.94. The summed E-state index contributed by atoms with van der Waals surface area (Å²) in [7, 11) is 0. The lowest BCUT2D eigenvalue weighted by molar-refractivity contribution is 0.130. The van der Waals surface area contributed by atoms with Crippen LogP contribution in [0.5, 0.6) is 0 Å². The highest BCUT2D eigenvalue weighted by Gasteiger charge is 2.37. The Morgan fingerprint density at radius 1 is 1.37 bits per heavy atom. The zero-order valence-corrected chi connectivity index (χ0v) is 13.7. The minimum atomic E-state index is 0.183. The molecule has 1 aliphatic rings. The molecule has 3 heteroatoms. The summed E-state index contributed by atoms with van der Waals surface area (Å²) >= 11 is 1.85. The summed E-state index contributed by atoms with van der Waals surface area (Å²) in [5.74, 6) is 0. The number of hydrogen-bond donors (Lipinski definition) is 1. The second-order valence-corrected chi connectivity index (χ2v) is 8.03. The van der Waals surface area contributed by atoms with Gasteiger partial charge in [0.25, 0.3) is 0 Å². The molecule has 0 spiro atoms. The third kappa shape index (κ3) is 3.79. The molecule has 1 heterocycles. The standard InChI is InChI=1S/C16H28N2S/c1-5-9-17-12-16(7-6-8-16)10-14-18-13(11-19-14)15(2,3)4/h11,17H,5-10,12H2,1-4H3. The SMILES string of the molecule is CCCNCC1(Cc2nc(C(C)(C)C)cs2)CCC1. The van der Waals surface area contributed by atoms with Crippen LogP contribution in [0.2, 0.25) is 0 Å². The van der Waals surface area contributed by atoms with Crippen molar-refractivity contribution in [2.45, 2.75) is 65.2 Å². The average molecular weight is 280 g/mol. The van der Waals surface area contributed by atoms with Crippen molar-refractivity contribution in [3.8, 4) is 0 Å². The zero-order chi connectivity index (χ0) is 13.9. The van der Waals surface area contributed by atoms with Gasteiger partial charge in [0.2, 0.25) is 0 Å². The number of thiazole rings is 1. The van der Waals surface area contributed by atoms with E-state index in [0.717, 1.165) is 6.54 Å². The maximum Gasteiger partial charge on any atom is 0.0934 e. The summed E-state index contributed by atoms with van der Waals surface area (Å²) < 4.78 is 0. The van der Waals surface area contributed by atoms with Crippen LogP contribution in [0.4, 0.5) is 0 Å². The summed E-state index contributed by atoms with van der Waals surface area (Å²) in [6, 6.07) is 0. The molecular formula is C16H28N2S. The van der Waals surface area contributed by atoms with Gasteiger partial charge in [-0.05, 0) is 31.2 Å². The zero-order valence-electron chi connectivity index (χ0n) is 12.9. The number of hydrogen-bond acceptors (Lipinski definition) is 3. The Kier molecular flexibility index (Phi) is 4.67. The minimum absolute atomic E-state index is 0.183. The molecule has 2 nitrogen and oxygen atoms in total. The maximum atomic E-state index is 4.87. The molecule has 2 rings (SSSR count). The van der Waals surface area contributed by atoms with E-state index in [2.05, 4.69) is 38.4 Å². The van der Waals surface area contributed by atoms with E-state index in [0.29, 0.717) is 5.41 Å². The van der Waals surface area contributed by atoms with Crippen LogP contribution >= 0.6 is 11.3 Å². The van der Waals surface area contributed by atoms with Gasteiger partial charge in [0.1, 0.15) is 0 Å². The van der Waals surface area contributed by atoms with Crippen molar-refractivity contribution in [2.75, 3.05) is 13.1 Å². The molecule has 1 N–H and O–H groups in total. The molecule has 0 radical (unpaired) electrons. The van der Waals surface area contributed by atoms with Crippen molar-refractivity contribution in [1.29, 1.82) is 0 Å². The predicted octanol–water partition coefficient (Wildman–Crippen LogP) is 4.15. The molecule has 1 aromatic rings. The first-order valence-electron chi connectivity index (χ1n) is 7.61. The Morgan fingerprint density at radius 2 is 2.11 bits per heavy atom. The van der Waals surface area contributed by atoms with Gasteiger partial charge in [-0.1, -0.05) is 34.1 Å². The van der Waals surface area contributed by atoms with Gasteiger partial charge in [-0.3, -0.25) is 0 Å². The molecule has 0 amide bonds. The fraction of sp³-hybridized carbons (Fsp3) is 0.812. The van der Waals surface area contributed by atoms with Gasteiger partial charge < -0.3 is 5.32 Å². The van der Waals surface area contributed by atoms with E-state index >= 15 is 0 Å². The molecule has 1 fully saturated rings. The summed E-state index contributed by atoms with van der Waals surface area (Å²) in [6.45, 7) is 11.3. The Morgan fingerprint density at radius 3 is 2.58 bits per heavy atom. The summed E-state index contributed by atoms with van der Waals surface area (Å²) in [4.78, 5) is 4.87. The molecule has 1 aromatic heterocycles. The largest absolute Gasteiger partial charge is 0.316 e. The molecule has 1 saturated carbocycles. The number of nitrogens with one attached hydrogen (secondary N) is 1. The third-order valence-corrected chi connectivity index (χ3v) is 5.04. The van der Waals surface area contributed by atoms with Gasteiger partial charge in [0.15, 0.2) is 0 Å². The first-order valence-corrected chi connectivity index (χ1v) is 8.49. The monoisotopic (exact) mass is 280 g/mol. The van der Waals surface area contributed by atoms with Gasteiger partial charge in [-0.25, -0.2) is 4.98 Å². The van der Waals surface area contributed by atoms with E-state index in [4.69, 9.17) is 4.98 Å². The topological polar surface area (TPSA) is 24.9 Å². The van der Waals surface area contributed by atoms with E-state index < -0.39 is 0 Å². The lowest BCUT2D eigenvalue weighted by Crippen LogP contribution is -2.41. The Balaban J connectivity index is 1.96.